The average molecular weight is 400 g/mol. The quantitative estimate of drug-likeness (QED) is 0.346. The predicted molar refractivity (Wildman–Crippen MR) is 110 cm³/mol. The lowest BCUT2D eigenvalue weighted by molar-refractivity contribution is 0.298. The molecule has 1 aromatic rings. The van der Waals surface area contributed by atoms with Gasteiger partial charge in [0, 0.05) is 37.1 Å². The van der Waals surface area contributed by atoms with Crippen LogP contribution in [0.1, 0.15) is 16.7 Å². The van der Waals surface area contributed by atoms with Gasteiger partial charge in [0.1, 0.15) is 0 Å². The minimum atomic E-state index is 0. The Bertz CT molecular complexity index is 441. The third kappa shape index (κ3) is 8.32. The van der Waals surface area contributed by atoms with Gasteiger partial charge in [-0.25, -0.2) is 0 Å². The van der Waals surface area contributed by atoms with Crippen LogP contribution in [0.15, 0.2) is 37.4 Å². The molecule has 0 saturated carbocycles. The van der Waals surface area contributed by atoms with Gasteiger partial charge in [0.2, 0.25) is 0 Å². The van der Waals surface area contributed by atoms with Gasteiger partial charge < -0.3 is 5.73 Å². The second kappa shape index (κ2) is 14.0. The lowest BCUT2D eigenvalue weighted by atomic mass is 9.95. The maximum Gasteiger partial charge on any atom is 0.0351 e. The Kier molecular flexibility index (Phi) is 15.1. The van der Waals surface area contributed by atoms with Crippen LogP contribution in [0.25, 0.3) is 0 Å². The first-order valence-electron chi connectivity index (χ1n) is 7.12. The molecule has 0 amide bonds. The molecule has 0 aromatic heterocycles. The highest BCUT2D eigenvalue weighted by molar-refractivity contribution is 6.18. The molecular weight excluding hydrogens is 374 g/mol. The number of halogens is 4. The number of allylic oxidation sites excluding steroid dienone is 2. The molecule has 2 nitrogen and oxygen atoms in total. The van der Waals surface area contributed by atoms with Crippen molar-refractivity contribution in [2.24, 2.45) is 0 Å². The predicted octanol–water partition coefficient (Wildman–Crippen LogP) is 4.85. The minimum Gasteiger partial charge on any atom is -0.399 e. The van der Waals surface area contributed by atoms with Crippen LogP contribution in [0.3, 0.4) is 0 Å². The summed E-state index contributed by atoms with van der Waals surface area (Å²) in [5.74, 6) is 1.19. The summed E-state index contributed by atoms with van der Waals surface area (Å²) in [5.41, 5.74) is 10.5. The lowest BCUT2D eigenvalue weighted by Crippen LogP contribution is -2.28. The first-order chi connectivity index (χ1) is 10.2. The average Bonchev–Trinajstić information content (AvgIpc) is 2.43. The molecule has 0 atom stereocenters. The number of alkyl halides is 2. The summed E-state index contributed by atoms with van der Waals surface area (Å²) in [4.78, 5) is 2.27. The van der Waals surface area contributed by atoms with Crippen molar-refractivity contribution in [3.8, 4) is 0 Å². The Morgan fingerprint density at radius 1 is 0.957 bits per heavy atom. The molecular formula is C17H26Cl4N2. The van der Waals surface area contributed by atoms with Crippen LogP contribution >= 0.6 is 48.0 Å². The highest BCUT2D eigenvalue weighted by Crippen LogP contribution is 2.23. The van der Waals surface area contributed by atoms with Crippen LogP contribution in [0.4, 0.5) is 5.69 Å². The first kappa shape index (κ1) is 24.9. The van der Waals surface area contributed by atoms with Crippen molar-refractivity contribution in [3.63, 3.8) is 0 Å². The minimum absolute atomic E-state index is 0. The summed E-state index contributed by atoms with van der Waals surface area (Å²) in [7, 11) is 0. The van der Waals surface area contributed by atoms with Crippen molar-refractivity contribution in [3.05, 3.63) is 54.1 Å². The van der Waals surface area contributed by atoms with Gasteiger partial charge in [-0.1, -0.05) is 12.2 Å². The smallest absolute Gasteiger partial charge is 0.0351 e. The zero-order valence-electron chi connectivity index (χ0n) is 13.3. The fraction of sp³-hybridized carbons (Fsp3) is 0.412. The van der Waals surface area contributed by atoms with Gasteiger partial charge in [0.25, 0.3) is 0 Å². The van der Waals surface area contributed by atoms with Crippen molar-refractivity contribution in [2.45, 2.75) is 19.4 Å². The molecule has 0 heterocycles. The fourth-order valence-electron chi connectivity index (χ4n) is 2.44. The van der Waals surface area contributed by atoms with E-state index < -0.39 is 0 Å². The topological polar surface area (TPSA) is 29.3 Å². The Hall–Kier alpha value is -0.380. The van der Waals surface area contributed by atoms with Crippen LogP contribution in [0.5, 0.6) is 0 Å². The molecule has 132 valence electrons. The van der Waals surface area contributed by atoms with Crippen LogP contribution in [0.2, 0.25) is 0 Å². The Morgan fingerprint density at radius 2 is 1.39 bits per heavy atom. The molecule has 0 radical (unpaired) electrons. The standard InChI is InChI=1S/C17H24Cl2N2.2ClH/c1-3-5-14-11-16(20)12-15(6-4-2)17(14)13-21(9-7-18)10-8-19;;/h3-4,11-12H,1-2,5-10,13,20H2;2*1H. The van der Waals surface area contributed by atoms with Gasteiger partial charge in [-0.2, -0.15) is 0 Å². The molecule has 0 spiro atoms. The molecule has 0 saturated heterocycles. The number of nitrogen functional groups attached to an aromatic ring is 1. The molecule has 2 N–H and O–H groups in total. The lowest BCUT2D eigenvalue weighted by Gasteiger charge is -2.24. The van der Waals surface area contributed by atoms with E-state index >= 15 is 0 Å². The summed E-state index contributed by atoms with van der Waals surface area (Å²) in [6.45, 7) is 10.1. The number of anilines is 1. The Labute approximate surface area is 162 Å². The van der Waals surface area contributed by atoms with E-state index in [1.54, 1.807) is 0 Å². The molecule has 6 heteroatoms. The second-order valence-electron chi connectivity index (χ2n) is 4.96. The van der Waals surface area contributed by atoms with Gasteiger partial charge in [-0.05, 0) is 41.7 Å². The number of hydrogen-bond acceptors (Lipinski definition) is 2. The summed E-state index contributed by atoms with van der Waals surface area (Å²) < 4.78 is 0. The van der Waals surface area contributed by atoms with E-state index in [9.17, 15) is 0 Å². The van der Waals surface area contributed by atoms with Gasteiger partial charge in [0.05, 0.1) is 0 Å². The molecule has 0 aliphatic carbocycles. The zero-order chi connectivity index (χ0) is 15.7. The Morgan fingerprint density at radius 3 is 1.74 bits per heavy atom. The van der Waals surface area contributed by atoms with E-state index in [2.05, 4.69) is 18.1 Å². The van der Waals surface area contributed by atoms with Crippen LogP contribution in [-0.2, 0) is 19.4 Å². The third-order valence-electron chi connectivity index (χ3n) is 3.37. The van der Waals surface area contributed by atoms with E-state index in [1.165, 1.54) is 16.7 Å². The van der Waals surface area contributed by atoms with Crippen molar-refractivity contribution in [1.82, 2.24) is 4.90 Å². The van der Waals surface area contributed by atoms with Crippen molar-refractivity contribution < 1.29 is 0 Å². The maximum atomic E-state index is 6.01. The summed E-state index contributed by atoms with van der Waals surface area (Å²) in [6, 6.07) is 4.06. The fourth-order valence-corrected chi connectivity index (χ4v) is 2.91. The number of rotatable bonds is 10. The SMILES string of the molecule is C=CCc1cc(N)cc(CC=C)c1CN(CCCl)CCCl.Cl.Cl. The summed E-state index contributed by atoms with van der Waals surface area (Å²) in [5, 5.41) is 0. The molecule has 23 heavy (non-hydrogen) atoms. The molecule has 0 aliphatic rings. The summed E-state index contributed by atoms with van der Waals surface area (Å²) >= 11 is 11.8. The molecule has 0 fully saturated rings. The number of hydrogen-bond donors (Lipinski definition) is 1. The van der Waals surface area contributed by atoms with Gasteiger partial charge in [0.15, 0.2) is 0 Å². The van der Waals surface area contributed by atoms with Gasteiger partial charge in [-0.15, -0.1) is 61.2 Å². The molecule has 0 bridgehead atoms. The van der Waals surface area contributed by atoms with E-state index in [1.807, 2.05) is 24.3 Å². The van der Waals surface area contributed by atoms with Crippen molar-refractivity contribution >= 4 is 53.7 Å². The van der Waals surface area contributed by atoms with Crippen molar-refractivity contribution in [1.29, 1.82) is 0 Å². The second-order valence-corrected chi connectivity index (χ2v) is 5.71. The van der Waals surface area contributed by atoms with Crippen molar-refractivity contribution in [2.75, 3.05) is 30.6 Å². The molecule has 1 aromatic carbocycles. The van der Waals surface area contributed by atoms with E-state index in [4.69, 9.17) is 28.9 Å². The third-order valence-corrected chi connectivity index (χ3v) is 3.71. The molecule has 0 unspecified atom stereocenters. The number of benzene rings is 1. The van der Waals surface area contributed by atoms with E-state index in [-0.39, 0.29) is 24.8 Å². The van der Waals surface area contributed by atoms with Crippen LogP contribution in [-0.4, -0.2) is 29.7 Å². The zero-order valence-corrected chi connectivity index (χ0v) is 16.4. The monoisotopic (exact) mass is 398 g/mol. The van der Waals surface area contributed by atoms with Gasteiger partial charge in [-0.3, -0.25) is 4.90 Å². The first-order valence-corrected chi connectivity index (χ1v) is 8.19. The summed E-state index contributed by atoms with van der Waals surface area (Å²) in [6.07, 6.45) is 5.42. The largest absolute Gasteiger partial charge is 0.399 e. The van der Waals surface area contributed by atoms with Gasteiger partial charge >= 0.3 is 0 Å². The normalized spacial score (nSPS) is 9.87. The highest BCUT2D eigenvalue weighted by atomic mass is 35.5. The molecule has 1 rings (SSSR count). The van der Waals surface area contributed by atoms with E-state index in [0.717, 1.165) is 38.2 Å². The Balaban J connectivity index is 0. The van der Waals surface area contributed by atoms with Crippen LogP contribution in [0, 0.1) is 0 Å². The van der Waals surface area contributed by atoms with E-state index in [0.29, 0.717) is 11.8 Å². The molecule has 0 aliphatic heterocycles. The highest BCUT2D eigenvalue weighted by Gasteiger charge is 2.13. The number of nitrogens with two attached hydrogens (primary N) is 1. The number of nitrogens with zero attached hydrogens (tertiary/aromatic N) is 1. The maximum absolute atomic E-state index is 6.01. The van der Waals surface area contributed by atoms with Crippen LogP contribution < -0.4 is 5.73 Å².